The van der Waals surface area contributed by atoms with Gasteiger partial charge in [-0.25, -0.2) is 0 Å². The van der Waals surface area contributed by atoms with E-state index in [1.807, 2.05) is 13.0 Å². The quantitative estimate of drug-likeness (QED) is 0.599. The third-order valence-corrected chi connectivity index (χ3v) is 3.80. The molecule has 0 heterocycles. The van der Waals surface area contributed by atoms with Crippen molar-refractivity contribution in [3.8, 4) is 6.07 Å². The van der Waals surface area contributed by atoms with Gasteiger partial charge in [0.2, 0.25) is 0 Å². The highest BCUT2D eigenvalue weighted by Crippen LogP contribution is 2.13. The SMILES string of the molecule is CCC[C@@H](C#N)O[Si](OC)(OC)OC. The van der Waals surface area contributed by atoms with Gasteiger partial charge in [-0.2, -0.15) is 5.26 Å². The van der Waals surface area contributed by atoms with Gasteiger partial charge in [0.25, 0.3) is 0 Å². The summed E-state index contributed by atoms with van der Waals surface area (Å²) in [7, 11) is 1.27. The lowest BCUT2D eigenvalue weighted by Crippen LogP contribution is -2.48. The zero-order valence-corrected chi connectivity index (χ0v) is 10.1. The topological polar surface area (TPSA) is 60.7 Å². The molecule has 0 aliphatic carbocycles. The molecule has 0 aliphatic rings. The maximum Gasteiger partial charge on any atom is 0.679 e. The van der Waals surface area contributed by atoms with E-state index in [0.717, 1.165) is 6.42 Å². The Labute approximate surface area is 86.0 Å². The molecule has 0 saturated heterocycles. The van der Waals surface area contributed by atoms with Crippen LogP contribution in [0.4, 0.5) is 0 Å². The zero-order valence-electron chi connectivity index (χ0n) is 9.07. The normalized spacial score (nSPS) is 13.6. The Morgan fingerprint density at radius 3 is 2.00 bits per heavy atom. The summed E-state index contributed by atoms with van der Waals surface area (Å²) in [6.07, 6.45) is 0.966. The maximum atomic E-state index is 8.79. The molecule has 5 nitrogen and oxygen atoms in total. The second kappa shape index (κ2) is 6.92. The minimum atomic E-state index is -3.06. The fourth-order valence-electron chi connectivity index (χ4n) is 0.981. The van der Waals surface area contributed by atoms with Crippen LogP contribution < -0.4 is 0 Å². The van der Waals surface area contributed by atoms with E-state index in [-0.39, 0.29) is 0 Å². The number of hydrogen-bond acceptors (Lipinski definition) is 5. The predicted octanol–water partition coefficient (Wildman–Crippen LogP) is 1.07. The van der Waals surface area contributed by atoms with Crippen molar-refractivity contribution in [2.75, 3.05) is 21.3 Å². The van der Waals surface area contributed by atoms with Crippen LogP contribution in [0.25, 0.3) is 0 Å². The number of nitriles is 1. The summed E-state index contributed by atoms with van der Waals surface area (Å²) in [6.45, 7) is 1.98. The lowest BCUT2D eigenvalue weighted by Gasteiger charge is -2.25. The third kappa shape index (κ3) is 3.73. The van der Waals surface area contributed by atoms with E-state index in [9.17, 15) is 0 Å². The molecule has 0 N–H and O–H groups in total. The average Bonchev–Trinajstić information content (AvgIpc) is 2.25. The summed E-state index contributed by atoms with van der Waals surface area (Å²) in [5.41, 5.74) is 0. The van der Waals surface area contributed by atoms with Crippen LogP contribution in [0.1, 0.15) is 19.8 Å². The van der Waals surface area contributed by atoms with Gasteiger partial charge in [0, 0.05) is 21.3 Å². The lowest BCUT2D eigenvalue weighted by molar-refractivity contribution is -0.0105. The molecule has 0 rings (SSSR count). The lowest BCUT2D eigenvalue weighted by atomic mass is 10.2. The first-order chi connectivity index (χ1) is 6.67. The van der Waals surface area contributed by atoms with Crippen LogP contribution in [0.2, 0.25) is 0 Å². The van der Waals surface area contributed by atoms with Crippen molar-refractivity contribution in [3.05, 3.63) is 0 Å². The van der Waals surface area contributed by atoms with Crippen LogP contribution in [-0.2, 0) is 17.7 Å². The first-order valence-electron chi connectivity index (χ1n) is 4.40. The number of nitrogens with zero attached hydrogens (tertiary/aromatic N) is 1. The second-order valence-corrected chi connectivity index (χ2v) is 5.10. The summed E-state index contributed by atoms with van der Waals surface area (Å²) in [4.78, 5) is 0. The van der Waals surface area contributed by atoms with E-state index < -0.39 is 15.2 Å². The minimum Gasteiger partial charge on any atom is -0.355 e. The predicted molar refractivity (Wildman–Crippen MR) is 52.2 cm³/mol. The summed E-state index contributed by atoms with van der Waals surface area (Å²) >= 11 is 0. The standard InChI is InChI=1S/C8H17NO4Si/c1-5-6-8(7-9)13-14(10-2,11-3)12-4/h8H,5-6H2,1-4H3/t8-/m0/s1. The van der Waals surface area contributed by atoms with E-state index in [2.05, 4.69) is 0 Å². The molecule has 0 unspecified atom stereocenters. The van der Waals surface area contributed by atoms with Crippen LogP contribution in [0.15, 0.2) is 0 Å². The highest BCUT2D eigenvalue weighted by Gasteiger charge is 2.44. The highest BCUT2D eigenvalue weighted by molar-refractivity contribution is 6.53. The summed E-state index contributed by atoms with van der Waals surface area (Å²) in [5.74, 6) is 0. The fraction of sp³-hybridized carbons (Fsp3) is 0.875. The Hall–Kier alpha value is -0.453. The van der Waals surface area contributed by atoms with E-state index >= 15 is 0 Å². The van der Waals surface area contributed by atoms with Crippen molar-refractivity contribution >= 4 is 9.05 Å². The highest BCUT2D eigenvalue weighted by atomic mass is 28.4. The largest absolute Gasteiger partial charge is 0.679 e. The molecule has 0 amide bonds. The first kappa shape index (κ1) is 13.5. The average molecular weight is 219 g/mol. The molecule has 0 aromatic heterocycles. The minimum absolute atomic E-state index is 0.536. The van der Waals surface area contributed by atoms with Crippen molar-refractivity contribution in [3.63, 3.8) is 0 Å². The van der Waals surface area contributed by atoms with Crippen LogP contribution in [0.3, 0.4) is 0 Å². The summed E-state index contributed by atoms with van der Waals surface area (Å²) < 4.78 is 20.5. The molecule has 0 radical (unpaired) electrons. The van der Waals surface area contributed by atoms with E-state index in [1.165, 1.54) is 21.3 Å². The van der Waals surface area contributed by atoms with Crippen molar-refractivity contribution in [1.82, 2.24) is 0 Å². The monoisotopic (exact) mass is 219 g/mol. The fourth-order valence-corrected chi connectivity index (χ4v) is 2.29. The molecule has 0 spiro atoms. The molecule has 0 aliphatic heterocycles. The Morgan fingerprint density at radius 1 is 1.21 bits per heavy atom. The summed E-state index contributed by atoms with van der Waals surface area (Å²) in [6, 6.07) is 2.03. The van der Waals surface area contributed by atoms with Crippen LogP contribution in [0.5, 0.6) is 0 Å². The molecule has 6 heteroatoms. The van der Waals surface area contributed by atoms with Gasteiger partial charge in [0.1, 0.15) is 6.10 Å². The van der Waals surface area contributed by atoms with Gasteiger partial charge in [0.15, 0.2) is 0 Å². The zero-order chi connectivity index (χ0) is 11.0. The van der Waals surface area contributed by atoms with Gasteiger partial charge in [-0.05, 0) is 6.42 Å². The molecule has 14 heavy (non-hydrogen) atoms. The molecular formula is C8H17NO4Si. The van der Waals surface area contributed by atoms with Gasteiger partial charge in [-0.15, -0.1) is 0 Å². The van der Waals surface area contributed by atoms with Crippen molar-refractivity contribution in [1.29, 1.82) is 5.26 Å². The Bertz CT molecular complexity index is 182. The molecule has 0 bridgehead atoms. The molecule has 1 atom stereocenters. The molecule has 0 fully saturated rings. The number of rotatable bonds is 7. The van der Waals surface area contributed by atoms with Gasteiger partial charge >= 0.3 is 9.05 Å². The van der Waals surface area contributed by atoms with Crippen molar-refractivity contribution in [2.24, 2.45) is 0 Å². The van der Waals surface area contributed by atoms with Crippen molar-refractivity contribution < 1.29 is 17.7 Å². The van der Waals surface area contributed by atoms with Crippen LogP contribution in [-0.4, -0.2) is 36.5 Å². The molecular weight excluding hydrogens is 202 g/mol. The summed E-state index contributed by atoms with van der Waals surface area (Å²) in [5, 5.41) is 8.79. The Kier molecular flexibility index (Phi) is 6.70. The maximum absolute atomic E-state index is 8.79. The molecule has 82 valence electrons. The number of hydrogen-bond donors (Lipinski definition) is 0. The van der Waals surface area contributed by atoms with Crippen LogP contribution >= 0.6 is 0 Å². The second-order valence-electron chi connectivity index (χ2n) is 2.64. The van der Waals surface area contributed by atoms with Crippen molar-refractivity contribution in [2.45, 2.75) is 25.9 Å². The van der Waals surface area contributed by atoms with Gasteiger partial charge in [-0.3, -0.25) is 0 Å². The Balaban J connectivity index is 4.33. The van der Waals surface area contributed by atoms with E-state index in [0.29, 0.717) is 6.42 Å². The van der Waals surface area contributed by atoms with Gasteiger partial charge < -0.3 is 17.7 Å². The van der Waals surface area contributed by atoms with E-state index in [4.69, 9.17) is 23.0 Å². The van der Waals surface area contributed by atoms with Crippen LogP contribution in [0, 0.1) is 11.3 Å². The molecule has 0 saturated carbocycles. The van der Waals surface area contributed by atoms with E-state index in [1.54, 1.807) is 0 Å². The first-order valence-corrected chi connectivity index (χ1v) is 6.04. The molecule has 0 aromatic carbocycles. The third-order valence-electron chi connectivity index (χ3n) is 1.73. The van der Waals surface area contributed by atoms with Gasteiger partial charge in [-0.1, -0.05) is 13.3 Å². The smallest absolute Gasteiger partial charge is 0.355 e. The van der Waals surface area contributed by atoms with Gasteiger partial charge in [0.05, 0.1) is 6.07 Å². The molecule has 0 aromatic rings. The Morgan fingerprint density at radius 2 is 1.71 bits per heavy atom.